The van der Waals surface area contributed by atoms with E-state index in [1.54, 1.807) is 17.7 Å². The lowest BCUT2D eigenvalue weighted by atomic mass is 9.73. The number of unbranched alkanes of at least 4 members (excludes halogenated alkanes) is 1. The summed E-state index contributed by atoms with van der Waals surface area (Å²) in [5, 5.41) is 0. The predicted molar refractivity (Wildman–Crippen MR) is 112 cm³/mol. The molecular formula is C26H29F3. The van der Waals surface area contributed by atoms with Gasteiger partial charge >= 0.3 is 6.18 Å². The van der Waals surface area contributed by atoms with Crippen molar-refractivity contribution in [2.45, 2.75) is 70.4 Å². The molecule has 0 aromatic heterocycles. The van der Waals surface area contributed by atoms with Gasteiger partial charge in [-0.25, -0.2) is 0 Å². The Labute approximate surface area is 171 Å². The third-order valence-corrected chi connectivity index (χ3v) is 6.65. The summed E-state index contributed by atoms with van der Waals surface area (Å²) < 4.78 is 38.5. The van der Waals surface area contributed by atoms with E-state index >= 15 is 0 Å². The zero-order valence-electron chi connectivity index (χ0n) is 17.1. The number of rotatable bonds is 4. The summed E-state index contributed by atoms with van der Waals surface area (Å²) in [6.07, 6.45) is 9.38. The molecule has 2 aromatic carbocycles. The van der Waals surface area contributed by atoms with E-state index in [1.807, 2.05) is 0 Å². The minimum absolute atomic E-state index is 0.316. The normalized spacial score (nSPS) is 21.8. The van der Waals surface area contributed by atoms with Crippen molar-refractivity contribution in [3.63, 3.8) is 0 Å². The first-order valence-corrected chi connectivity index (χ1v) is 10.9. The first-order valence-electron chi connectivity index (χ1n) is 10.9. The van der Waals surface area contributed by atoms with Crippen LogP contribution >= 0.6 is 0 Å². The number of benzene rings is 2. The van der Waals surface area contributed by atoms with Crippen LogP contribution in [0.1, 0.15) is 71.9 Å². The Balaban J connectivity index is 1.49. The highest BCUT2D eigenvalue weighted by Crippen LogP contribution is 2.39. The van der Waals surface area contributed by atoms with Gasteiger partial charge in [0.2, 0.25) is 0 Å². The molecule has 3 heteroatoms. The minimum atomic E-state index is -4.26. The van der Waals surface area contributed by atoms with E-state index in [0.717, 1.165) is 37.7 Å². The summed E-state index contributed by atoms with van der Waals surface area (Å²) in [5.74, 6) is 0.978. The smallest absolute Gasteiger partial charge is 0.166 e. The van der Waals surface area contributed by atoms with Gasteiger partial charge in [-0.1, -0.05) is 49.8 Å². The van der Waals surface area contributed by atoms with E-state index in [-0.39, 0.29) is 0 Å². The van der Waals surface area contributed by atoms with Gasteiger partial charge in [0, 0.05) is 0 Å². The standard InChI is InChI=1S/C26H29F3/c1-2-3-4-5-18-6-14-24-21(16-18)7-8-22-17-20(11-15-25(22)24)19-9-12-23(13-10-19)26(27,28)29/h4-5,7-10,12-13,18,20H,2-3,6,11,14-17H2,1H3. The van der Waals surface area contributed by atoms with Crippen LogP contribution in [0.5, 0.6) is 0 Å². The molecule has 29 heavy (non-hydrogen) atoms. The molecule has 0 aliphatic heterocycles. The molecule has 0 radical (unpaired) electrons. The van der Waals surface area contributed by atoms with Crippen LogP contribution in [0.3, 0.4) is 0 Å². The summed E-state index contributed by atoms with van der Waals surface area (Å²) in [5.41, 5.74) is 6.47. The Morgan fingerprint density at radius 1 is 0.897 bits per heavy atom. The maximum absolute atomic E-state index is 12.8. The summed E-state index contributed by atoms with van der Waals surface area (Å²) >= 11 is 0. The molecule has 2 aromatic rings. The van der Waals surface area contributed by atoms with Gasteiger partial charge in [0.05, 0.1) is 5.56 Å². The number of allylic oxidation sites excluding steroid dienone is 2. The van der Waals surface area contributed by atoms with Crippen molar-refractivity contribution in [2.75, 3.05) is 0 Å². The number of halogens is 3. The van der Waals surface area contributed by atoms with Gasteiger partial charge < -0.3 is 0 Å². The van der Waals surface area contributed by atoms with Crippen LogP contribution in [-0.4, -0.2) is 0 Å². The average molecular weight is 399 g/mol. The third-order valence-electron chi connectivity index (χ3n) is 6.65. The Morgan fingerprint density at radius 3 is 2.21 bits per heavy atom. The molecule has 0 saturated heterocycles. The van der Waals surface area contributed by atoms with Crippen molar-refractivity contribution in [3.05, 3.63) is 81.9 Å². The largest absolute Gasteiger partial charge is 0.416 e. The van der Waals surface area contributed by atoms with E-state index in [2.05, 4.69) is 31.2 Å². The molecule has 0 bridgehead atoms. The van der Waals surface area contributed by atoms with E-state index in [4.69, 9.17) is 0 Å². The van der Waals surface area contributed by atoms with Crippen LogP contribution in [-0.2, 0) is 31.9 Å². The van der Waals surface area contributed by atoms with Crippen molar-refractivity contribution in [1.82, 2.24) is 0 Å². The highest BCUT2D eigenvalue weighted by atomic mass is 19.4. The van der Waals surface area contributed by atoms with Gasteiger partial charge in [-0.3, -0.25) is 0 Å². The second-order valence-electron chi connectivity index (χ2n) is 8.62. The number of alkyl halides is 3. The zero-order valence-corrected chi connectivity index (χ0v) is 17.1. The van der Waals surface area contributed by atoms with E-state index in [9.17, 15) is 13.2 Å². The molecule has 4 rings (SSSR count). The molecule has 0 spiro atoms. The van der Waals surface area contributed by atoms with Crippen LogP contribution in [0.4, 0.5) is 13.2 Å². The lowest BCUT2D eigenvalue weighted by Gasteiger charge is -2.31. The third kappa shape index (κ3) is 4.44. The van der Waals surface area contributed by atoms with Crippen molar-refractivity contribution < 1.29 is 13.2 Å². The molecule has 2 atom stereocenters. The van der Waals surface area contributed by atoms with Gasteiger partial charge in [-0.05, 0) is 96.7 Å². The molecule has 2 unspecified atom stereocenters. The second kappa shape index (κ2) is 8.38. The highest BCUT2D eigenvalue weighted by molar-refractivity contribution is 5.46. The van der Waals surface area contributed by atoms with Gasteiger partial charge in [0.1, 0.15) is 0 Å². The van der Waals surface area contributed by atoms with Gasteiger partial charge in [-0.15, -0.1) is 0 Å². The van der Waals surface area contributed by atoms with Crippen molar-refractivity contribution in [3.8, 4) is 0 Å². The molecule has 154 valence electrons. The molecule has 0 fully saturated rings. The number of fused-ring (bicyclic) bond motifs is 3. The van der Waals surface area contributed by atoms with E-state index < -0.39 is 11.7 Å². The maximum Gasteiger partial charge on any atom is 0.416 e. The second-order valence-corrected chi connectivity index (χ2v) is 8.62. The van der Waals surface area contributed by atoms with Crippen molar-refractivity contribution >= 4 is 0 Å². The van der Waals surface area contributed by atoms with Crippen molar-refractivity contribution in [1.29, 1.82) is 0 Å². The van der Waals surface area contributed by atoms with Gasteiger partial charge in [-0.2, -0.15) is 13.2 Å². The Hall–Kier alpha value is -2.03. The quantitative estimate of drug-likeness (QED) is 0.470. The van der Waals surface area contributed by atoms with Gasteiger partial charge in [0.15, 0.2) is 0 Å². The van der Waals surface area contributed by atoms with E-state index in [0.29, 0.717) is 11.8 Å². The number of hydrogen-bond donors (Lipinski definition) is 0. The first-order chi connectivity index (χ1) is 14.0. The monoisotopic (exact) mass is 398 g/mol. The zero-order chi connectivity index (χ0) is 20.4. The molecule has 2 aliphatic rings. The fourth-order valence-corrected chi connectivity index (χ4v) is 5.04. The Morgan fingerprint density at radius 2 is 1.55 bits per heavy atom. The minimum Gasteiger partial charge on any atom is -0.166 e. The van der Waals surface area contributed by atoms with E-state index in [1.165, 1.54) is 48.1 Å². The van der Waals surface area contributed by atoms with Crippen LogP contribution in [0.2, 0.25) is 0 Å². The molecular weight excluding hydrogens is 369 g/mol. The van der Waals surface area contributed by atoms with Crippen LogP contribution in [0.25, 0.3) is 0 Å². The Kier molecular flexibility index (Phi) is 5.85. The molecule has 0 heterocycles. The molecule has 0 nitrogen and oxygen atoms in total. The summed E-state index contributed by atoms with van der Waals surface area (Å²) in [7, 11) is 0. The molecule has 2 aliphatic carbocycles. The lowest BCUT2D eigenvalue weighted by molar-refractivity contribution is -0.137. The molecule has 0 N–H and O–H groups in total. The summed E-state index contributed by atoms with van der Waals surface area (Å²) in [6.45, 7) is 2.21. The predicted octanol–water partition coefficient (Wildman–Crippen LogP) is 7.44. The van der Waals surface area contributed by atoms with Gasteiger partial charge in [0.25, 0.3) is 0 Å². The fourth-order valence-electron chi connectivity index (χ4n) is 5.04. The first kappa shape index (κ1) is 20.3. The molecule has 0 saturated carbocycles. The van der Waals surface area contributed by atoms with Crippen LogP contribution in [0.15, 0.2) is 48.6 Å². The van der Waals surface area contributed by atoms with Crippen LogP contribution in [0, 0.1) is 5.92 Å². The fraction of sp³-hybridized carbons (Fsp3) is 0.462. The summed E-state index contributed by atoms with van der Waals surface area (Å²) in [6, 6.07) is 10.4. The molecule has 0 amide bonds. The van der Waals surface area contributed by atoms with Crippen LogP contribution < -0.4 is 0 Å². The topological polar surface area (TPSA) is 0 Å². The summed E-state index contributed by atoms with van der Waals surface area (Å²) in [4.78, 5) is 0. The average Bonchev–Trinajstić information content (AvgIpc) is 2.73. The maximum atomic E-state index is 12.8. The number of hydrogen-bond acceptors (Lipinski definition) is 0. The lowest BCUT2D eigenvalue weighted by Crippen LogP contribution is -2.20. The highest BCUT2D eigenvalue weighted by Gasteiger charge is 2.31. The Bertz CT molecular complexity index is 874. The SMILES string of the molecule is CCCC=CC1CCc2c(ccc3c2CCC(c2ccc(C(F)(F)F)cc2)C3)C1. The van der Waals surface area contributed by atoms with Crippen molar-refractivity contribution in [2.24, 2.45) is 5.92 Å².